The van der Waals surface area contributed by atoms with Crippen molar-refractivity contribution in [1.29, 1.82) is 0 Å². The van der Waals surface area contributed by atoms with Crippen LogP contribution in [0.1, 0.15) is 54.4 Å². The van der Waals surface area contributed by atoms with Gasteiger partial charge < -0.3 is 9.47 Å². The van der Waals surface area contributed by atoms with Crippen molar-refractivity contribution >= 4 is 5.97 Å². The standard InChI is InChI=1S/C15H31NO3/c1-7-9-13(5)10-18-11-15(6,16-12(3)4)14(17)19-8-2/h12-13,16H,7-11H2,1-6H3. The van der Waals surface area contributed by atoms with E-state index in [0.717, 1.165) is 12.8 Å². The maximum atomic E-state index is 12.0. The average molecular weight is 273 g/mol. The Kier molecular flexibility index (Phi) is 9.02. The number of carbonyl (C=O) groups excluding carboxylic acids is 1. The molecule has 0 saturated heterocycles. The molecule has 0 saturated carbocycles. The molecule has 0 aliphatic heterocycles. The summed E-state index contributed by atoms with van der Waals surface area (Å²) in [6.45, 7) is 13.4. The molecule has 0 aromatic carbocycles. The van der Waals surface area contributed by atoms with E-state index in [1.165, 1.54) is 0 Å². The van der Waals surface area contributed by atoms with Gasteiger partial charge in [0.15, 0.2) is 0 Å². The first-order valence-corrected chi connectivity index (χ1v) is 7.38. The van der Waals surface area contributed by atoms with Gasteiger partial charge in [-0.15, -0.1) is 0 Å². The molecule has 0 heterocycles. The first kappa shape index (κ1) is 18.4. The van der Waals surface area contributed by atoms with Gasteiger partial charge in [0.2, 0.25) is 0 Å². The number of rotatable bonds is 10. The fourth-order valence-electron chi connectivity index (χ4n) is 2.13. The summed E-state index contributed by atoms with van der Waals surface area (Å²) in [4.78, 5) is 12.0. The Hall–Kier alpha value is -0.610. The van der Waals surface area contributed by atoms with Crippen molar-refractivity contribution in [1.82, 2.24) is 5.32 Å². The second-order valence-electron chi connectivity index (χ2n) is 5.76. The summed E-state index contributed by atoms with van der Waals surface area (Å²) in [5, 5.41) is 3.25. The summed E-state index contributed by atoms with van der Waals surface area (Å²) in [5.41, 5.74) is -0.768. The van der Waals surface area contributed by atoms with Crippen LogP contribution in [0, 0.1) is 5.92 Å². The van der Waals surface area contributed by atoms with E-state index in [4.69, 9.17) is 9.47 Å². The molecule has 4 heteroatoms. The Bertz CT molecular complexity index is 256. The van der Waals surface area contributed by atoms with Gasteiger partial charge in [-0.2, -0.15) is 0 Å². The molecular formula is C15H31NO3. The minimum atomic E-state index is -0.768. The zero-order valence-corrected chi connectivity index (χ0v) is 13.4. The van der Waals surface area contributed by atoms with Gasteiger partial charge in [-0.3, -0.25) is 5.32 Å². The first-order chi connectivity index (χ1) is 8.85. The zero-order valence-electron chi connectivity index (χ0n) is 13.4. The average Bonchev–Trinajstić information content (AvgIpc) is 2.28. The third-order valence-electron chi connectivity index (χ3n) is 2.91. The monoisotopic (exact) mass is 273 g/mol. The minimum Gasteiger partial charge on any atom is -0.465 e. The summed E-state index contributed by atoms with van der Waals surface area (Å²) in [7, 11) is 0. The van der Waals surface area contributed by atoms with Crippen molar-refractivity contribution in [2.45, 2.75) is 66.0 Å². The Labute approximate surface area is 118 Å². The van der Waals surface area contributed by atoms with Crippen molar-refractivity contribution in [2.24, 2.45) is 5.92 Å². The van der Waals surface area contributed by atoms with Crippen LogP contribution in [0.4, 0.5) is 0 Å². The maximum Gasteiger partial charge on any atom is 0.328 e. The molecule has 1 N–H and O–H groups in total. The van der Waals surface area contributed by atoms with Gasteiger partial charge in [-0.25, -0.2) is 4.79 Å². The van der Waals surface area contributed by atoms with Gasteiger partial charge in [-0.05, 0) is 40.0 Å². The SMILES string of the molecule is CCCC(C)COCC(C)(NC(C)C)C(=O)OCC. The number of ether oxygens (including phenoxy) is 2. The molecule has 19 heavy (non-hydrogen) atoms. The fourth-order valence-corrected chi connectivity index (χ4v) is 2.13. The first-order valence-electron chi connectivity index (χ1n) is 7.38. The maximum absolute atomic E-state index is 12.0. The van der Waals surface area contributed by atoms with Crippen LogP contribution in [0.5, 0.6) is 0 Å². The highest BCUT2D eigenvalue weighted by Gasteiger charge is 2.35. The second-order valence-corrected chi connectivity index (χ2v) is 5.76. The topological polar surface area (TPSA) is 47.6 Å². The van der Waals surface area contributed by atoms with E-state index < -0.39 is 5.54 Å². The van der Waals surface area contributed by atoms with Crippen LogP contribution >= 0.6 is 0 Å². The van der Waals surface area contributed by atoms with E-state index in [1.807, 2.05) is 27.7 Å². The van der Waals surface area contributed by atoms with Crippen LogP contribution in [0.15, 0.2) is 0 Å². The van der Waals surface area contributed by atoms with Gasteiger partial charge in [0, 0.05) is 12.6 Å². The van der Waals surface area contributed by atoms with E-state index in [2.05, 4.69) is 19.2 Å². The number of esters is 1. The van der Waals surface area contributed by atoms with E-state index >= 15 is 0 Å². The summed E-state index contributed by atoms with van der Waals surface area (Å²) < 4.78 is 10.8. The van der Waals surface area contributed by atoms with Gasteiger partial charge in [0.25, 0.3) is 0 Å². The predicted molar refractivity (Wildman–Crippen MR) is 78.2 cm³/mol. The van der Waals surface area contributed by atoms with Gasteiger partial charge in [0.05, 0.1) is 13.2 Å². The molecule has 0 bridgehead atoms. The van der Waals surface area contributed by atoms with E-state index in [-0.39, 0.29) is 12.0 Å². The molecule has 4 nitrogen and oxygen atoms in total. The van der Waals surface area contributed by atoms with Crippen LogP contribution in [-0.2, 0) is 14.3 Å². The van der Waals surface area contributed by atoms with Crippen molar-refractivity contribution < 1.29 is 14.3 Å². The largest absolute Gasteiger partial charge is 0.465 e. The molecule has 0 rings (SSSR count). The lowest BCUT2D eigenvalue weighted by Crippen LogP contribution is -2.56. The normalized spacial score (nSPS) is 16.2. The minimum absolute atomic E-state index is 0.200. The third-order valence-corrected chi connectivity index (χ3v) is 2.91. The highest BCUT2D eigenvalue weighted by Crippen LogP contribution is 2.12. The summed E-state index contributed by atoms with van der Waals surface area (Å²) >= 11 is 0. The molecule has 0 radical (unpaired) electrons. The zero-order chi connectivity index (χ0) is 14.9. The predicted octanol–water partition coefficient (Wildman–Crippen LogP) is 2.76. The Morgan fingerprint density at radius 3 is 2.37 bits per heavy atom. The molecule has 0 aliphatic rings. The van der Waals surface area contributed by atoms with Crippen LogP contribution in [0.3, 0.4) is 0 Å². The summed E-state index contributed by atoms with van der Waals surface area (Å²) in [6.07, 6.45) is 2.30. The van der Waals surface area contributed by atoms with E-state index in [0.29, 0.717) is 25.7 Å². The van der Waals surface area contributed by atoms with Gasteiger partial charge in [-0.1, -0.05) is 20.3 Å². The quantitative estimate of drug-likeness (QED) is 0.622. The Morgan fingerprint density at radius 1 is 1.26 bits per heavy atom. The lowest BCUT2D eigenvalue weighted by atomic mass is 10.0. The molecule has 0 spiro atoms. The molecule has 0 fully saturated rings. The lowest BCUT2D eigenvalue weighted by molar-refractivity contribution is -0.153. The summed E-state index contributed by atoms with van der Waals surface area (Å²) in [5.74, 6) is 0.280. The number of carbonyl (C=O) groups is 1. The molecule has 0 amide bonds. The molecule has 2 atom stereocenters. The molecule has 0 aliphatic carbocycles. The Balaban J connectivity index is 4.38. The van der Waals surface area contributed by atoms with Crippen molar-refractivity contribution in [3.8, 4) is 0 Å². The molecule has 2 unspecified atom stereocenters. The fraction of sp³-hybridized carbons (Fsp3) is 0.933. The number of nitrogens with one attached hydrogen (secondary N) is 1. The highest BCUT2D eigenvalue weighted by atomic mass is 16.5. The number of hydrogen-bond donors (Lipinski definition) is 1. The third kappa shape index (κ3) is 7.53. The second kappa shape index (κ2) is 9.32. The van der Waals surface area contributed by atoms with Crippen LogP contribution in [0.25, 0.3) is 0 Å². The molecule has 0 aromatic heterocycles. The van der Waals surface area contributed by atoms with Crippen molar-refractivity contribution in [3.05, 3.63) is 0 Å². The smallest absolute Gasteiger partial charge is 0.328 e. The van der Waals surface area contributed by atoms with Crippen molar-refractivity contribution in [3.63, 3.8) is 0 Å². The molecule has 114 valence electrons. The van der Waals surface area contributed by atoms with Crippen LogP contribution in [-0.4, -0.2) is 37.4 Å². The van der Waals surface area contributed by atoms with E-state index in [9.17, 15) is 4.79 Å². The van der Waals surface area contributed by atoms with Crippen LogP contribution in [0.2, 0.25) is 0 Å². The molecular weight excluding hydrogens is 242 g/mol. The Morgan fingerprint density at radius 2 is 1.89 bits per heavy atom. The van der Waals surface area contributed by atoms with Crippen molar-refractivity contribution in [2.75, 3.05) is 19.8 Å². The molecule has 0 aromatic rings. The van der Waals surface area contributed by atoms with Gasteiger partial charge >= 0.3 is 5.97 Å². The summed E-state index contributed by atoms with van der Waals surface area (Å²) in [6, 6.07) is 0.200. The number of hydrogen-bond acceptors (Lipinski definition) is 4. The van der Waals surface area contributed by atoms with E-state index in [1.54, 1.807) is 0 Å². The van der Waals surface area contributed by atoms with Gasteiger partial charge in [0.1, 0.15) is 5.54 Å². The highest BCUT2D eigenvalue weighted by molar-refractivity contribution is 5.80. The lowest BCUT2D eigenvalue weighted by Gasteiger charge is -2.30. The van der Waals surface area contributed by atoms with Crippen LogP contribution < -0.4 is 5.32 Å².